The highest BCUT2D eigenvalue weighted by Gasteiger charge is 2.15. The average Bonchev–Trinajstić information content (AvgIpc) is 2.48. The van der Waals surface area contributed by atoms with Crippen LogP contribution in [0.4, 0.5) is 0 Å². The first-order valence-corrected chi connectivity index (χ1v) is 6.99. The Morgan fingerprint density at radius 1 is 1.05 bits per heavy atom. The fraction of sp³-hybridized carbons (Fsp3) is 0.167. The number of carbonyl (C=O) groups excluding carboxylic acids is 1. The van der Waals surface area contributed by atoms with E-state index >= 15 is 0 Å². The lowest BCUT2D eigenvalue weighted by Crippen LogP contribution is -3.00. The minimum atomic E-state index is 0. The molecule has 0 saturated carbocycles. The number of carbonyl (C=O) groups is 1. The Hall–Kier alpha value is -2.07. The molecular formula is C18H17BrN2O. The molecule has 0 fully saturated rings. The molecule has 1 aromatic heterocycles. The van der Waals surface area contributed by atoms with Gasteiger partial charge in [0.05, 0.1) is 0 Å². The van der Waals surface area contributed by atoms with E-state index in [9.17, 15) is 4.79 Å². The zero-order chi connectivity index (χ0) is 14.8. The number of Topliss-reactive ketones (excluding diaryl/α,β-unsaturated/α-hetero) is 1. The van der Waals surface area contributed by atoms with Crippen LogP contribution >= 0.6 is 0 Å². The summed E-state index contributed by atoms with van der Waals surface area (Å²) < 4.78 is 1.72. The molecule has 0 atom stereocenters. The number of ketones is 1. The van der Waals surface area contributed by atoms with Crippen molar-refractivity contribution >= 4 is 16.6 Å². The third-order valence-corrected chi connectivity index (χ3v) is 3.60. The largest absolute Gasteiger partial charge is 1.00 e. The average molecular weight is 357 g/mol. The molecule has 3 rings (SSSR count). The maximum absolute atomic E-state index is 12.3. The van der Waals surface area contributed by atoms with Crippen molar-refractivity contribution in [3.8, 4) is 0 Å². The maximum atomic E-state index is 12.3. The van der Waals surface area contributed by atoms with Crippen LogP contribution in [0.3, 0.4) is 0 Å². The van der Waals surface area contributed by atoms with Crippen LogP contribution in [0.15, 0.2) is 54.7 Å². The van der Waals surface area contributed by atoms with E-state index in [-0.39, 0.29) is 29.3 Å². The lowest BCUT2D eigenvalue weighted by atomic mass is 10.1. The number of nitrogens with zero attached hydrogens (tertiary/aromatic N) is 2. The number of fused-ring (bicyclic) bond motifs is 1. The second kappa shape index (κ2) is 6.79. The Labute approximate surface area is 140 Å². The standard InChI is InChI=1S/C18H17N2O.BrH/c1-13-7-9-15(10-8-13)18(21)12-20-11-16-5-3-4-6-17(16)14(2)19-20;/h3-11H,12H2,1-2H3;1H/q+1;/p-1. The van der Waals surface area contributed by atoms with E-state index in [0.717, 1.165) is 27.6 Å². The molecule has 0 amide bonds. The summed E-state index contributed by atoms with van der Waals surface area (Å²) in [5, 5.41) is 6.70. The van der Waals surface area contributed by atoms with E-state index in [4.69, 9.17) is 0 Å². The van der Waals surface area contributed by atoms with Crippen molar-refractivity contribution in [3.63, 3.8) is 0 Å². The molecule has 0 saturated heterocycles. The number of aryl methyl sites for hydroxylation is 2. The summed E-state index contributed by atoms with van der Waals surface area (Å²) in [5.41, 5.74) is 2.81. The first kappa shape index (κ1) is 16.3. The van der Waals surface area contributed by atoms with Gasteiger partial charge in [0.25, 0.3) is 0 Å². The monoisotopic (exact) mass is 356 g/mol. The van der Waals surface area contributed by atoms with Crippen LogP contribution in [0.5, 0.6) is 0 Å². The first-order valence-electron chi connectivity index (χ1n) is 6.99. The third kappa shape index (κ3) is 3.39. The summed E-state index contributed by atoms with van der Waals surface area (Å²) in [5.74, 6) is 0.0715. The molecule has 0 N–H and O–H groups in total. The summed E-state index contributed by atoms with van der Waals surface area (Å²) in [6, 6.07) is 15.7. The van der Waals surface area contributed by atoms with Crippen molar-refractivity contribution in [2.75, 3.05) is 0 Å². The fourth-order valence-electron chi connectivity index (χ4n) is 2.43. The van der Waals surface area contributed by atoms with E-state index in [0.29, 0.717) is 0 Å². The molecule has 3 nitrogen and oxygen atoms in total. The summed E-state index contributed by atoms with van der Waals surface area (Å²) in [7, 11) is 0. The normalized spacial score (nSPS) is 10.3. The van der Waals surface area contributed by atoms with Gasteiger partial charge in [-0.1, -0.05) is 52.7 Å². The second-order valence-corrected chi connectivity index (χ2v) is 5.29. The van der Waals surface area contributed by atoms with Crippen molar-refractivity contribution in [1.82, 2.24) is 5.10 Å². The number of benzene rings is 2. The van der Waals surface area contributed by atoms with Gasteiger partial charge in [0.15, 0.2) is 0 Å². The highest BCUT2D eigenvalue weighted by atomic mass is 79.9. The van der Waals surface area contributed by atoms with E-state index in [1.807, 2.05) is 68.6 Å². The predicted octanol–water partition coefficient (Wildman–Crippen LogP) is 0.0260. The quantitative estimate of drug-likeness (QED) is 0.490. The minimum Gasteiger partial charge on any atom is -1.00 e. The predicted molar refractivity (Wildman–Crippen MR) is 82.2 cm³/mol. The molecule has 22 heavy (non-hydrogen) atoms. The van der Waals surface area contributed by atoms with Crippen molar-refractivity contribution in [3.05, 3.63) is 71.5 Å². The molecule has 0 unspecified atom stereocenters. The SMILES string of the molecule is Cc1ccc(C(=O)C[n+]2cc3ccccc3c(C)n2)cc1.[Br-]. The summed E-state index contributed by atoms with van der Waals surface area (Å²) in [6.45, 7) is 4.24. The van der Waals surface area contributed by atoms with Gasteiger partial charge in [-0.2, -0.15) is 0 Å². The molecule has 112 valence electrons. The van der Waals surface area contributed by atoms with Gasteiger partial charge in [0, 0.05) is 16.3 Å². The molecule has 0 aliphatic carbocycles. The van der Waals surface area contributed by atoms with E-state index in [1.54, 1.807) is 4.68 Å². The second-order valence-electron chi connectivity index (χ2n) is 5.29. The van der Waals surface area contributed by atoms with Crippen LogP contribution < -0.4 is 21.7 Å². The Morgan fingerprint density at radius 2 is 1.73 bits per heavy atom. The van der Waals surface area contributed by atoms with E-state index < -0.39 is 0 Å². The van der Waals surface area contributed by atoms with Crippen LogP contribution in [-0.4, -0.2) is 10.9 Å². The molecule has 0 aliphatic rings. The lowest BCUT2D eigenvalue weighted by molar-refractivity contribution is -0.740. The Bertz CT molecular complexity index is 813. The van der Waals surface area contributed by atoms with Gasteiger partial charge in [0.1, 0.15) is 5.69 Å². The maximum Gasteiger partial charge on any atom is 0.236 e. The summed E-state index contributed by atoms with van der Waals surface area (Å²) >= 11 is 0. The summed E-state index contributed by atoms with van der Waals surface area (Å²) in [4.78, 5) is 12.3. The van der Waals surface area contributed by atoms with Crippen molar-refractivity contribution in [2.45, 2.75) is 20.4 Å². The van der Waals surface area contributed by atoms with Crippen molar-refractivity contribution < 1.29 is 26.5 Å². The number of rotatable bonds is 3. The highest BCUT2D eigenvalue weighted by molar-refractivity contribution is 5.95. The van der Waals surface area contributed by atoms with Crippen molar-refractivity contribution in [2.24, 2.45) is 0 Å². The number of halogens is 1. The molecule has 0 aliphatic heterocycles. The molecule has 3 aromatic rings. The van der Waals surface area contributed by atoms with Gasteiger partial charge in [-0.15, -0.1) is 0 Å². The Kier molecular flexibility index (Phi) is 5.03. The van der Waals surface area contributed by atoms with Gasteiger partial charge in [-0.25, -0.2) is 0 Å². The van der Waals surface area contributed by atoms with Gasteiger partial charge >= 0.3 is 0 Å². The molecule has 1 heterocycles. The van der Waals surface area contributed by atoms with Gasteiger partial charge in [-0.05, 0) is 25.0 Å². The first-order chi connectivity index (χ1) is 10.1. The van der Waals surface area contributed by atoms with E-state index in [1.165, 1.54) is 0 Å². The molecular weight excluding hydrogens is 340 g/mol. The van der Waals surface area contributed by atoms with Crippen LogP contribution in [0, 0.1) is 13.8 Å². The molecule has 0 spiro atoms. The van der Waals surface area contributed by atoms with Crippen molar-refractivity contribution in [1.29, 1.82) is 0 Å². The van der Waals surface area contributed by atoms with Gasteiger partial charge in [-0.3, -0.25) is 4.79 Å². The molecule has 2 aromatic carbocycles. The molecule has 0 radical (unpaired) electrons. The zero-order valence-corrected chi connectivity index (χ0v) is 14.2. The lowest BCUT2D eigenvalue weighted by Gasteiger charge is -2.01. The number of hydrogen-bond acceptors (Lipinski definition) is 2. The minimum absolute atomic E-state index is 0. The topological polar surface area (TPSA) is 33.8 Å². The highest BCUT2D eigenvalue weighted by Crippen LogP contribution is 2.13. The van der Waals surface area contributed by atoms with Gasteiger partial charge < -0.3 is 17.0 Å². The Morgan fingerprint density at radius 3 is 2.45 bits per heavy atom. The Balaban J connectivity index is 0.00000176. The summed E-state index contributed by atoms with van der Waals surface area (Å²) in [6.07, 6.45) is 1.93. The van der Waals surface area contributed by atoms with Gasteiger partial charge in [0.2, 0.25) is 18.5 Å². The number of aromatic nitrogens is 2. The van der Waals surface area contributed by atoms with Crippen LogP contribution in [0.2, 0.25) is 0 Å². The third-order valence-electron chi connectivity index (χ3n) is 3.60. The molecule has 0 bridgehead atoms. The van der Waals surface area contributed by atoms with Crippen LogP contribution in [0.25, 0.3) is 10.8 Å². The fourth-order valence-corrected chi connectivity index (χ4v) is 2.43. The van der Waals surface area contributed by atoms with Crippen LogP contribution in [-0.2, 0) is 6.54 Å². The number of hydrogen-bond donors (Lipinski definition) is 0. The zero-order valence-electron chi connectivity index (χ0n) is 12.6. The van der Waals surface area contributed by atoms with E-state index in [2.05, 4.69) is 5.10 Å². The van der Waals surface area contributed by atoms with Crippen LogP contribution in [0.1, 0.15) is 21.6 Å². The smallest absolute Gasteiger partial charge is 0.236 e. The molecule has 4 heteroatoms.